The Labute approximate surface area is 171 Å². The van der Waals surface area contributed by atoms with Crippen LogP contribution in [0.25, 0.3) is 0 Å². The Bertz CT molecular complexity index is 652. The Morgan fingerprint density at radius 3 is 2.25 bits per heavy atom. The van der Waals surface area contributed by atoms with Crippen molar-refractivity contribution in [3.05, 3.63) is 0 Å². The summed E-state index contributed by atoms with van der Waals surface area (Å²) in [5, 5.41) is 0. The van der Waals surface area contributed by atoms with E-state index in [0.717, 1.165) is 0 Å². The molecule has 160 valence electrons. The second kappa shape index (κ2) is 8.56. The third-order valence-corrected chi connectivity index (χ3v) is 5.00. The van der Waals surface area contributed by atoms with Crippen LogP contribution in [0.4, 0.5) is 4.79 Å². The minimum Gasteiger partial charge on any atom is -0.444 e. The van der Waals surface area contributed by atoms with Gasteiger partial charge in [0.25, 0.3) is 0 Å². The summed E-state index contributed by atoms with van der Waals surface area (Å²) in [7, 11) is 1.81. The molecule has 10 nitrogen and oxygen atoms in total. The number of likely N-dealkylation sites (N-methyl/N-ethyl adjacent to an activating group) is 1. The number of nitrogens with two attached hydrogens (primary N) is 2. The van der Waals surface area contributed by atoms with E-state index < -0.39 is 35.1 Å². The number of nitrogens with zero attached hydrogens (tertiary/aromatic N) is 3. The zero-order valence-electron chi connectivity index (χ0n) is 16.9. The summed E-state index contributed by atoms with van der Waals surface area (Å²) in [6, 6.07) is -0.888. The van der Waals surface area contributed by atoms with E-state index in [4.69, 9.17) is 16.2 Å². The van der Waals surface area contributed by atoms with E-state index in [9.17, 15) is 19.2 Å². The van der Waals surface area contributed by atoms with Crippen molar-refractivity contribution in [2.24, 2.45) is 11.5 Å². The summed E-state index contributed by atoms with van der Waals surface area (Å²) in [5.41, 5.74) is 9.01. The fourth-order valence-corrected chi connectivity index (χ4v) is 3.46. The second-order valence-corrected chi connectivity index (χ2v) is 8.21. The molecule has 4 N–H and O–H groups in total. The maximum Gasteiger partial charge on any atom is 0.410 e. The largest absolute Gasteiger partial charge is 0.444 e. The summed E-state index contributed by atoms with van der Waals surface area (Å²) in [5.74, 6) is -1.52. The standard InChI is InChI=1S/C17H29N5O5.H2S/c1-16(2,3)27-15(26)21-8-7-20(4)17(9-21)10-22(14(17)25)11(13(19)24)5-6-12(18)23;/h11H,5-10H2,1-4H3,(H2,18,23)(H2,19,24);1H2/t11-,17?;/m0./s1. The Balaban J connectivity index is 0.00000392. The van der Waals surface area contributed by atoms with E-state index in [1.807, 2.05) is 11.9 Å². The van der Waals surface area contributed by atoms with Crippen molar-refractivity contribution in [1.29, 1.82) is 0 Å². The minimum absolute atomic E-state index is 0. The average Bonchev–Trinajstić information content (AvgIpc) is 2.53. The summed E-state index contributed by atoms with van der Waals surface area (Å²) in [6.45, 7) is 6.71. The lowest BCUT2D eigenvalue weighted by Gasteiger charge is -2.58. The highest BCUT2D eigenvalue weighted by Crippen LogP contribution is 2.35. The highest BCUT2D eigenvalue weighted by molar-refractivity contribution is 7.59. The van der Waals surface area contributed by atoms with Crippen LogP contribution in [0.15, 0.2) is 0 Å². The molecule has 2 aliphatic heterocycles. The Morgan fingerprint density at radius 2 is 1.79 bits per heavy atom. The van der Waals surface area contributed by atoms with Gasteiger partial charge in [0.1, 0.15) is 17.2 Å². The third-order valence-electron chi connectivity index (χ3n) is 5.00. The second-order valence-electron chi connectivity index (χ2n) is 8.21. The number of ether oxygens (including phenoxy) is 1. The van der Waals surface area contributed by atoms with Gasteiger partial charge < -0.3 is 26.0 Å². The van der Waals surface area contributed by atoms with Crippen molar-refractivity contribution in [3.63, 3.8) is 0 Å². The van der Waals surface area contributed by atoms with Crippen LogP contribution in [0.1, 0.15) is 33.6 Å². The van der Waals surface area contributed by atoms with Gasteiger partial charge in [0, 0.05) is 19.5 Å². The molecular formula is C17H31N5O5S. The number of amides is 4. The van der Waals surface area contributed by atoms with Gasteiger partial charge in [0.15, 0.2) is 0 Å². The predicted octanol–water partition coefficient (Wildman–Crippen LogP) is -1.02. The van der Waals surface area contributed by atoms with Crippen LogP contribution < -0.4 is 11.5 Å². The lowest BCUT2D eigenvalue weighted by molar-refractivity contribution is -0.176. The maximum atomic E-state index is 13.0. The normalized spacial score (nSPS) is 23.6. The zero-order valence-corrected chi connectivity index (χ0v) is 17.9. The number of β-lactam (4-membered cyclic amide) rings is 1. The first-order valence-corrected chi connectivity index (χ1v) is 8.95. The molecule has 0 radical (unpaired) electrons. The van der Waals surface area contributed by atoms with Gasteiger partial charge >= 0.3 is 6.09 Å². The van der Waals surface area contributed by atoms with Gasteiger partial charge in [0.05, 0.1) is 13.1 Å². The van der Waals surface area contributed by atoms with Crippen LogP contribution in [0.2, 0.25) is 0 Å². The van der Waals surface area contributed by atoms with Gasteiger partial charge in [-0.05, 0) is 34.2 Å². The van der Waals surface area contributed by atoms with Gasteiger partial charge in [-0.2, -0.15) is 13.5 Å². The van der Waals surface area contributed by atoms with Crippen LogP contribution in [0.3, 0.4) is 0 Å². The predicted molar refractivity (Wildman–Crippen MR) is 107 cm³/mol. The smallest absolute Gasteiger partial charge is 0.410 e. The van der Waals surface area contributed by atoms with Crippen molar-refractivity contribution in [2.45, 2.75) is 50.8 Å². The Hall–Kier alpha value is -2.01. The number of hydrogen-bond acceptors (Lipinski definition) is 6. The van der Waals surface area contributed by atoms with Gasteiger partial charge in [-0.3, -0.25) is 19.3 Å². The number of piperazine rings is 1. The molecule has 2 aliphatic rings. The molecule has 2 heterocycles. The average molecular weight is 418 g/mol. The van der Waals surface area contributed by atoms with Crippen LogP contribution in [0, 0.1) is 0 Å². The molecule has 0 bridgehead atoms. The molecule has 4 amide bonds. The number of carbonyl (C=O) groups is 4. The molecule has 0 aromatic heterocycles. The molecule has 0 aromatic carbocycles. The molecule has 2 rings (SSSR count). The molecule has 1 spiro atoms. The highest BCUT2D eigenvalue weighted by Gasteiger charge is 2.60. The summed E-state index contributed by atoms with van der Waals surface area (Å²) < 4.78 is 5.41. The molecule has 0 aliphatic carbocycles. The zero-order chi connectivity index (χ0) is 20.6. The number of rotatable bonds is 5. The van der Waals surface area contributed by atoms with Crippen molar-refractivity contribution >= 4 is 37.3 Å². The van der Waals surface area contributed by atoms with E-state index in [0.29, 0.717) is 13.1 Å². The van der Waals surface area contributed by atoms with Gasteiger partial charge in [0.2, 0.25) is 17.7 Å². The van der Waals surface area contributed by atoms with Crippen molar-refractivity contribution < 1.29 is 23.9 Å². The fraction of sp³-hybridized carbons (Fsp3) is 0.765. The molecule has 2 fully saturated rings. The summed E-state index contributed by atoms with van der Waals surface area (Å²) in [4.78, 5) is 52.9. The van der Waals surface area contributed by atoms with E-state index in [-0.39, 0.29) is 45.3 Å². The van der Waals surface area contributed by atoms with Crippen LogP contribution >= 0.6 is 13.5 Å². The number of primary amides is 2. The molecular weight excluding hydrogens is 386 g/mol. The fourth-order valence-electron chi connectivity index (χ4n) is 3.46. The number of likely N-dealkylation sites (tertiary alicyclic amines) is 1. The van der Waals surface area contributed by atoms with Gasteiger partial charge in [-0.25, -0.2) is 4.79 Å². The highest BCUT2D eigenvalue weighted by atomic mass is 32.1. The molecule has 0 saturated carbocycles. The van der Waals surface area contributed by atoms with Crippen molar-refractivity contribution in [3.8, 4) is 0 Å². The topological polar surface area (TPSA) is 139 Å². The minimum atomic E-state index is -0.907. The molecule has 2 atom stereocenters. The van der Waals surface area contributed by atoms with E-state index >= 15 is 0 Å². The molecule has 0 aromatic rings. The number of hydrogen-bond donors (Lipinski definition) is 2. The number of carbonyl (C=O) groups excluding carboxylic acids is 4. The van der Waals surface area contributed by atoms with Gasteiger partial charge in [-0.1, -0.05) is 0 Å². The summed E-state index contributed by atoms with van der Waals surface area (Å²) in [6.07, 6.45) is -0.419. The van der Waals surface area contributed by atoms with E-state index in [1.165, 1.54) is 9.80 Å². The molecule has 2 saturated heterocycles. The molecule has 28 heavy (non-hydrogen) atoms. The van der Waals surface area contributed by atoms with Crippen LogP contribution in [0.5, 0.6) is 0 Å². The quantitative estimate of drug-likeness (QED) is 0.549. The van der Waals surface area contributed by atoms with Crippen LogP contribution in [-0.4, -0.2) is 88.9 Å². The van der Waals surface area contributed by atoms with Crippen molar-refractivity contribution in [1.82, 2.24) is 14.7 Å². The molecule has 11 heteroatoms. The van der Waals surface area contributed by atoms with Gasteiger partial charge in [-0.15, -0.1) is 0 Å². The SMILES string of the molecule is CN1CCN(C(=O)OC(C)(C)C)CC12CN([C@@H](CCC(N)=O)C(N)=O)C2=O.S. The lowest BCUT2D eigenvalue weighted by atomic mass is 9.82. The Morgan fingerprint density at radius 1 is 1.18 bits per heavy atom. The van der Waals surface area contributed by atoms with E-state index in [2.05, 4.69) is 0 Å². The lowest BCUT2D eigenvalue weighted by Crippen LogP contribution is -2.81. The van der Waals surface area contributed by atoms with E-state index in [1.54, 1.807) is 20.8 Å². The first-order chi connectivity index (χ1) is 12.4. The third kappa shape index (κ3) is 4.88. The first kappa shape index (κ1) is 24.0. The summed E-state index contributed by atoms with van der Waals surface area (Å²) >= 11 is 0. The van der Waals surface area contributed by atoms with Crippen molar-refractivity contribution in [2.75, 3.05) is 33.2 Å². The molecule has 1 unspecified atom stereocenters. The monoisotopic (exact) mass is 417 g/mol. The first-order valence-electron chi connectivity index (χ1n) is 8.95. The van der Waals surface area contributed by atoms with Crippen LogP contribution in [-0.2, 0) is 19.1 Å². The maximum absolute atomic E-state index is 13.0. The Kier molecular flexibility index (Phi) is 7.35.